The third kappa shape index (κ3) is 3.97. The number of thiocarbonyl (C=S) groups is 1. The maximum absolute atomic E-state index is 12.9. The van der Waals surface area contributed by atoms with E-state index in [2.05, 4.69) is 0 Å². The van der Waals surface area contributed by atoms with Gasteiger partial charge in [-0.3, -0.25) is 9.69 Å². The summed E-state index contributed by atoms with van der Waals surface area (Å²) in [5.41, 5.74) is 0.832. The summed E-state index contributed by atoms with van der Waals surface area (Å²) >= 11 is 18.9. The summed E-state index contributed by atoms with van der Waals surface area (Å²) in [6.07, 6.45) is 7.38. The number of halogens is 2. The first kappa shape index (κ1) is 19.1. The van der Waals surface area contributed by atoms with Crippen LogP contribution in [-0.4, -0.2) is 21.2 Å². The molecular weight excluding hydrogens is 421 g/mol. The lowest BCUT2D eigenvalue weighted by Gasteiger charge is -2.29. The molecule has 27 heavy (non-hydrogen) atoms. The van der Waals surface area contributed by atoms with Crippen LogP contribution in [0.3, 0.4) is 0 Å². The van der Waals surface area contributed by atoms with Crippen molar-refractivity contribution in [3.63, 3.8) is 0 Å². The standard InChI is InChI=1S/C20H17Cl2NO2S2/c21-15-8-6-12(10-16(15)22)17-9-7-14(25-17)11-18-19(24)23(20(26)27-18)13-4-2-1-3-5-13/h6-11,13H,1-5H2/b18-11-. The SMILES string of the molecule is O=C1/C(=C/c2ccc(-c3ccc(Cl)c(Cl)c3)o2)SC(=S)N1C1CCCCC1. The summed E-state index contributed by atoms with van der Waals surface area (Å²) in [7, 11) is 0. The fraction of sp³-hybridized carbons (Fsp3) is 0.300. The number of carbonyl (C=O) groups is 1. The third-order valence-corrected chi connectivity index (χ3v) is 6.94. The fourth-order valence-electron chi connectivity index (χ4n) is 3.50. The average molecular weight is 438 g/mol. The first-order chi connectivity index (χ1) is 13.0. The number of hydrogen-bond donors (Lipinski definition) is 0. The van der Waals surface area contributed by atoms with Gasteiger partial charge in [-0.05, 0) is 43.2 Å². The fourth-order valence-corrected chi connectivity index (χ4v) is 5.18. The molecule has 1 amide bonds. The van der Waals surface area contributed by atoms with Crippen molar-refractivity contribution in [3.05, 3.63) is 51.0 Å². The largest absolute Gasteiger partial charge is 0.457 e. The van der Waals surface area contributed by atoms with Crippen molar-refractivity contribution in [1.82, 2.24) is 4.90 Å². The van der Waals surface area contributed by atoms with E-state index < -0.39 is 0 Å². The highest BCUT2D eigenvalue weighted by molar-refractivity contribution is 8.26. The number of hydrogen-bond acceptors (Lipinski definition) is 4. The predicted octanol–water partition coefficient (Wildman–Crippen LogP) is 6.79. The summed E-state index contributed by atoms with van der Waals surface area (Å²) in [5, 5.41) is 0.971. The van der Waals surface area contributed by atoms with Crippen LogP contribution in [-0.2, 0) is 4.79 Å². The van der Waals surface area contributed by atoms with Gasteiger partial charge >= 0.3 is 0 Å². The predicted molar refractivity (Wildman–Crippen MR) is 116 cm³/mol. The Morgan fingerprint density at radius 2 is 1.89 bits per heavy atom. The second kappa shape index (κ2) is 8.00. The van der Waals surface area contributed by atoms with Gasteiger partial charge in [-0.1, -0.05) is 66.4 Å². The molecule has 1 aromatic carbocycles. The summed E-state index contributed by atoms with van der Waals surface area (Å²) in [6.45, 7) is 0. The highest BCUT2D eigenvalue weighted by Crippen LogP contribution is 2.38. The van der Waals surface area contributed by atoms with Crippen LogP contribution in [0.15, 0.2) is 39.7 Å². The molecule has 1 aliphatic carbocycles. The van der Waals surface area contributed by atoms with Crippen molar-refractivity contribution >= 4 is 63.5 Å². The first-order valence-corrected chi connectivity index (χ1v) is 10.8. The molecule has 1 aromatic heterocycles. The number of benzene rings is 1. The molecule has 2 aliphatic rings. The average Bonchev–Trinajstić information content (AvgIpc) is 3.23. The molecule has 0 spiro atoms. The Morgan fingerprint density at radius 1 is 1.11 bits per heavy atom. The number of nitrogens with zero attached hydrogens (tertiary/aromatic N) is 1. The Labute approximate surface area is 177 Å². The van der Waals surface area contributed by atoms with E-state index in [1.807, 2.05) is 18.2 Å². The van der Waals surface area contributed by atoms with Gasteiger partial charge in [0.2, 0.25) is 0 Å². The number of carbonyl (C=O) groups excluding carboxylic acids is 1. The smallest absolute Gasteiger partial charge is 0.266 e. The Bertz CT molecular complexity index is 932. The zero-order valence-corrected chi connectivity index (χ0v) is 17.6. The lowest BCUT2D eigenvalue weighted by Crippen LogP contribution is -2.39. The van der Waals surface area contributed by atoms with Crippen molar-refractivity contribution in [2.24, 2.45) is 0 Å². The van der Waals surface area contributed by atoms with E-state index in [0.29, 0.717) is 30.8 Å². The van der Waals surface area contributed by atoms with Crippen LogP contribution >= 0.6 is 47.2 Å². The van der Waals surface area contributed by atoms with Gasteiger partial charge in [0.15, 0.2) is 0 Å². The number of amides is 1. The monoisotopic (exact) mass is 437 g/mol. The summed E-state index contributed by atoms with van der Waals surface area (Å²) in [4.78, 5) is 15.3. The van der Waals surface area contributed by atoms with Gasteiger partial charge in [0.25, 0.3) is 5.91 Å². The molecule has 1 saturated carbocycles. The normalized spacial score (nSPS) is 20.1. The topological polar surface area (TPSA) is 33.5 Å². The van der Waals surface area contributed by atoms with Gasteiger partial charge in [0.05, 0.1) is 15.0 Å². The Hall–Kier alpha value is -1.27. The Kier molecular flexibility index (Phi) is 5.65. The van der Waals surface area contributed by atoms with E-state index in [-0.39, 0.29) is 11.9 Å². The van der Waals surface area contributed by atoms with Gasteiger partial charge in [-0.15, -0.1) is 0 Å². The molecule has 0 bridgehead atoms. The van der Waals surface area contributed by atoms with E-state index in [1.165, 1.54) is 18.2 Å². The molecule has 0 unspecified atom stereocenters. The van der Waals surface area contributed by atoms with Crippen molar-refractivity contribution in [1.29, 1.82) is 0 Å². The minimum absolute atomic E-state index is 0.00983. The quantitative estimate of drug-likeness (QED) is 0.390. The molecule has 1 saturated heterocycles. The van der Waals surface area contributed by atoms with Gasteiger partial charge < -0.3 is 4.42 Å². The van der Waals surface area contributed by atoms with Crippen LogP contribution in [0.2, 0.25) is 10.0 Å². The van der Waals surface area contributed by atoms with Gasteiger partial charge in [0, 0.05) is 17.7 Å². The highest BCUT2D eigenvalue weighted by atomic mass is 35.5. The molecule has 1 aliphatic heterocycles. The molecule has 3 nitrogen and oxygen atoms in total. The molecule has 7 heteroatoms. The van der Waals surface area contributed by atoms with E-state index in [0.717, 1.165) is 31.2 Å². The minimum Gasteiger partial charge on any atom is -0.457 e. The van der Waals surface area contributed by atoms with E-state index >= 15 is 0 Å². The molecule has 0 atom stereocenters. The van der Waals surface area contributed by atoms with Crippen molar-refractivity contribution in [2.75, 3.05) is 0 Å². The summed E-state index contributed by atoms with van der Waals surface area (Å²) in [5.74, 6) is 1.27. The highest BCUT2D eigenvalue weighted by Gasteiger charge is 2.37. The van der Waals surface area contributed by atoms with Gasteiger partial charge in [0.1, 0.15) is 15.8 Å². The zero-order chi connectivity index (χ0) is 19.0. The molecular formula is C20H17Cl2NO2S2. The molecule has 0 radical (unpaired) electrons. The lowest BCUT2D eigenvalue weighted by molar-refractivity contribution is -0.124. The molecule has 0 N–H and O–H groups in total. The minimum atomic E-state index is -0.00983. The second-order valence-corrected chi connectivity index (χ2v) is 9.16. The Balaban J connectivity index is 1.55. The number of furan rings is 1. The van der Waals surface area contributed by atoms with E-state index in [1.54, 1.807) is 23.1 Å². The van der Waals surface area contributed by atoms with Crippen molar-refractivity contribution in [2.45, 2.75) is 38.1 Å². The molecule has 2 heterocycles. The number of thioether (sulfide) groups is 1. The van der Waals surface area contributed by atoms with Gasteiger partial charge in [-0.2, -0.15) is 0 Å². The molecule has 140 valence electrons. The van der Waals surface area contributed by atoms with Crippen molar-refractivity contribution < 1.29 is 9.21 Å². The van der Waals surface area contributed by atoms with Crippen LogP contribution in [0.5, 0.6) is 0 Å². The van der Waals surface area contributed by atoms with E-state index in [4.69, 9.17) is 39.8 Å². The van der Waals surface area contributed by atoms with Crippen LogP contribution in [0, 0.1) is 0 Å². The number of rotatable bonds is 3. The van der Waals surface area contributed by atoms with Crippen LogP contribution in [0.4, 0.5) is 0 Å². The molecule has 2 fully saturated rings. The maximum Gasteiger partial charge on any atom is 0.266 e. The van der Waals surface area contributed by atoms with Crippen LogP contribution in [0.1, 0.15) is 37.9 Å². The molecule has 2 aromatic rings. The third-order valence-electron chi connectivity index (χ3n) is 4.87. The van der Waals surface area contributed by atoms with E-state index in [9.17, 15) is 4.79 Å². The molecule has 4 rings (SSSR count). The zero-order valence-electron chi connectivity index (χ0n) is 14.4. The van der Waals surface area contributed by atoms with Crippen LogP contribution in [0.25, 0.3) is 17.4 Å². The van der Waals surface area contributed by atoms with Crippen LogP contribution < -0.4 is 0 Å². The van der Waals surface area contributed by atoms with Crippen molar-refractivity contribution in [3.8, 4) is 11.3 Å². The summed E-state index contributed by atoms with van der Waals surface area (Å²) < 4.78 is 6.53. The summed E-state index contributed by atoms with van der Waals surface area (Å²) in [6, 6.07) is 9.27. The van der Waals surface area contributed by atoms with Gasteiger partial charge in [-0.25, -0.2) is 0 Å². The Morgan fingerprint density at radius 3 is 2.63 bits per heavy atom. The first-order valence-electron chi connectivity index (χ1n) is 8.85. The second-order valence-electron chi connectivity index (χ2n) is 6.67. The lowest BCUT2D eigenvalue weighted by atomic mass is 9.94. The maximum atomic E-state index is 12.9.